The van der Waals surface area contributed by atoms with E-state index in [1.165, 1.54) is 6.42 Å². The van der Waals surface area contributed by atoms with Gasteiger partial charge < -0.3 is 10.1 Å². The Morgan fingerprint density at radius 2 is 1.93 bits per heavy atom. The van der Waals surface area contributed by atoms with E-state index in [0.717, 1.165) is 32.7 Å². The maximum absolute atomic E-state index is 4.99. The molecule has 0 aliphatic heterocycles. The summed E-state index contributed by atoms with van der Waals surface area (Å²) in [6.45, 7) is 10.9. The van der Waals surface area contributed by atoms with Crippen molar-refractivity contribution in [2.45, 2.75) is 39.2 Å². The van der Waals surface area contributed by atoms with Gasteiger partial charge in [0.1, 0.15) is 0 Å². The molecular formula is C12H28N2O. The van der Waals surface area contributed by atoms with Crippen LogP contribution in [0, 0.1) is 0 Å². The van der Waals surface area contributed by atoms with E-state index in [-0.39, 0.29) is 0 Å². The summed E-state index contributed by atoms with van der Waals surface area (Å²) in [5, 5.41) is 3.43. The highest BCUT2D eigenvalue weighted by atomic mass is 16.5. The largest absolute Gasteiger partial charge is 0.385 e. The number of nitrogens with one attached hydrogen (secondary N) is 1. The first-order valence-electron chi connectivity index (χ1n) is 5.95. The van der Waals surface area contributed by atoms with Crippen LogP contribution in [0.1, 0.15) is 33.6 Å². The number of nitrogens with zero attached hydrogens (tertiary/aromatic N) is 1. The molecule has 0 saturated heterocycles. The molecule has 3 nitrogen and oxygen atoms in total. The molecule has 1 N–H and O–H groups in total. The van der Waals surface area contributed by atoms with Gasteiger partial charge in [0.05, 0.1) is 0 Å². The van der Waals surface area contributed by atoms with Crippen LogP contribution in [-0.4, -0.2) is 50.8 Å². The average Bonchev–Trinajstić information content (AvgIpc) is 2.22. The fourth-order valence-electron chi connectivity index (χ4n) is 1.29. The van der Waals surface area contributed by atoms with Gasteiger partial charge in [0, 0.05) is 32.3 Å². The van der Waals surface area contributed by atoms with Gasteiger partial charge in [-0.1, -0.05) is 6.92 Å². The average molecular weight is 216 g/mol. The lowest BCUT2D eigenvalue weighted by atomic mass is 10.0. The maximum atomic E-state index is 4.99. The zero-order valence-corrected chi connectivity index (χ0v) is 11.1. The fraction of sp³-hybridized carbons (Fsp3) is 1.00. The van der Waals surface area contributed by atoms with Crippen LogP contribution in [0.5, 0.6) is 0 Å². The van der Waals surface area contributed by atoms with Crippen molar-refractivity contribution in [1.29, 1.82) is 0 Å². The van der Waals surface area contributed by atoms with Crippen molar-refractivity contribution >= 4 is 0 Å². The number of likely N-dealkylation sites (N-methyl/N-ethyl adjacent to an activating group) is 1. The zero-order chi connectivity index (χ0) is 11.7. The molecule has 0 aromatic rings. The van der Waals surface area contributed by atoms with Crippen LogP contribution in [0.25, 0.3) is 0 Å². The topological polar surface area (TPSA) is 24.5 Å². The summed E-state index contributed by atoms with van der Waals surface area (Å²) in [6.07, 6.45) is 2.28. The summed E-state index contributed by atoms with van der Waals surface area (Å²) >= 11 is 0. The molecule has 0 spiro atoms. The highest BCUT2D eigenvalue weighted by Gasteiger charge is 2.19. The Morgan fingerprint density at radius 3 is 2.47 bits per heavy atom. The second kappa shape index (κ2) is 8.08. The molecule has 0 aliphatic rings. The molecule has 0 amide bonds. The van der Waals surface area contributed by atoms with Crippen LogP contribution in [0.2, 0.25) is 0 Å². The summed E-state index contributed by atoms with van der Waals surface area (Å²) in [5.41, 5.74) is 0.314. The van der Waals surface area contributed by atoms with Gasteiger partial charge in [-0.25, -0.2) is 0 Å². The molecule has 0 unspecified atom stereocenters. The van der Waals surface area contributed by atoms with E-state index in [2.05, 4.69) is 38.0 Å². The molecule has 0 fully saturated rings. The SMILES string of the molecule is CCC(C)(C)N(C)CCNCCCOC. The van der Waals surface area contributed by atoms with Crippen LogP contribution in [0.3, 0.4) is 0 Å². The second-order valence-electron chi connectivity index (χ2n) is 4.68. The maximum Gasteiger partial charge on any atom is 0.0474 e. The lowest BCUT2D eigenvalue weighted by Crippen LogP contribution is -2.43. The summed E-state index contributed by atoms with van der Waals surface area (Å²) in [4.78, 5) is 2.41. The first-order valence-corrected chi connectivity index (χ1v) is 5.95. The number of ether oxygens (including phenoxy) is 1. The minimum Gasteiger partial charge on any atom is -0.385 e. The third-order valence-corrected chi connectivity index (χ3v) is 3.22. The van der Waals surface area contributed by atoms with Gasteiger partial charge in [-0.15, -0.1) is 0 Å². The molecule has 0 atom stereocenters. The van der Waals surface area contributed by atoms with Gasteiger partial charge in [0.2, 0.25) is 0 Å². The van der Waals surface area contributed by atoms with Crippen molar-refractivity contribution in [3.8, 4) is 0 Å². The molecule has 0 radical (unpaired) electrons. The van der Waals surface area contributed by atoms with Crippen LogP contribution < -0.4 is 5.32 Å². The Bertz CT molecular complexity index is 149. The van der Waals surface area contributed by atoms with Crippen LogP contribution in [0.4, 0.5) is 0 Å². The van der Waals surface area contributed by atoms with E-state index in [4.69, 9.17) is 4.74 Å². The zero-order valence-electron chi connectivity index (χ0n) is 11.1. The van der Waals surface area contributed by atoms with Gasteiger partial charge >= 0.3 is 0 Å². The van der Waals surface area contributed by atoms with E-state index in [1.807, 2.05) is 0 Å². The smallest absolute Gasteiger partial charge is 0.0474 e. The Balaban J connectivity index is 3.43. The number of hydrogen-bond donors (Lipinski definition) is 1. The molecule has 0 aromatic heterocycles. The van der Waals surface area contributed by atoms with Crippen molar-refractivity contribution in [1.82, 2.24) is 10.2 Å². The predicted molar refractivity (Wildman–Crippen MR) is 66.4 cm³/mol. The molecule has 92 valence electrons. The second-order valence-corrected chi connectivity index (χ2v) is 4.68. The molecule has 0 bridgehead atoms. The third-order valence-electron chi connectivity index (χ3n) is 3.22. The highest BCUT2D eigenvalue weighted by molar-refractivity contribution is 4.77. The minimum atomic E-state index is 0.314. The Hall–Kier alpha value is -0.120. The lowest BCUT2D eigenvalue weighted by Gasteiger charge is -2.34. The van der Waals surface area contributed by atoms with Crippen molar-refractivity contribution < 1.29 is 4.74 Å². The molecule has 0 aromatic carbocycles. The lowest BCUT2D eigenvalue weighted by molar-refractivity contribution is 0.151. The fourth-order valence-corrected chi connectivity index (χ4v) is 1.29. The Labute approximate surface area is 95.2 Å². The number of rotatable bonds is 9. The summed E-state index contributed by atoms with van der Waals surface area (Å²) in [5.74, 6) is 0. The van der Waals surface area contributed by atoms with E-state index in [0.29, 0.717) is 5.54 Å². The molecular weight excluding hydrogens is 188 g/mol. The monoisotopic (exact) mass is 216 g/mol. The Kier molecular flexibility index (Phi) is 8.02. The highest BCUT2D eigenvalue weighted by Crippen LogP contribution is 2.15. The van der Waals surface area contributed by atoms with Gasteiger partial charge in [-0.2, -0.15) is 0 Å². The number of hydrogen-bond acceptors (Lipinski definition) is 3. The number of methoxy groups -OCH3 is 1. The standard InChI is InChI=1S/C12H28N2O/c1-6-12(2,3)14(4)10-9-13-8-7-11-15-5/h13H,6-11H2,1-5H3. The molecule has 15 heavy (non-hydrogen) atoms. The Morgan fingerprint density at radius 1 is 1.27 bits per heavy atom. The first kappa shape index (κ1) is 14.9. The molecule has 0 aliphatic carbocycles. The summed E-state index contributed by atoms with van der Waals surface area (Å²) in [6, 6.07) is 0. The molecule has 0 rings (SSSR count). The predicted octanol–water partition coefficient (Wildman–Crippen LogP) is 1.73. The summed E-state index contributed by atoms with van der Waals surface area (Å²) in [7, 11) is 3.94. The minimum absolute atomic E-state index is 0.314. The van der Waals surface area contributed by atoms with Crippen LogP contribution in [0.15, 0.2) is 0 Å². The third kappa shape index (κ3) is 6.88. The van der Waals surface area contributed by atoms with Gasteiger partial charge in [0.25, 0.3) is 0 Å². The van der Waals surface area contributed by atoms with E-state index in [9.17, 15) is 0 Å². The molecule has 0 heterocycles. The van der Waals surface area contributed by atoms with Crippen molar-refractivity contribution in [2.75, 3.05) is 40.4 Å². The van der Waals surface area contributed by atoms with Crippen molar-refractivity contribution in [3.05, 3.63) is 0 Å². The van der Waals surface area contributed by atoms with Crippen LogP contribution in [-0.2, 0) is 4.74 Å². The molecule has 3 heteroatoms. The van der Waals surface area contributed by atoms with E-state index < -0.39 is 0 Å². The quantitative estimate of drug-likeness (QED) is 0.594. The summed E-state index contributed by atoms with van der Waals surface area (Å²) < 4.78 is 4.99. The molecule has 0 saturated carbocycles. The van der Waals surface area contributed by atoms with Crippen molar-refractivity contribution in [3.63, 3.8) is 0 Å². The first-order chi connectivity index (χ1) is 7.04. The van der Waals surface area contributed by atoms with Crippen molar-refractivity contribution in [2.24, 2.45) is 0 Å². The van der Waals surface area contributed by atoms with E-state index in [1.54, 1.807) is 7.11 Å². The van der Waals surface area contributed by atoms with Crippen LogP contribution >= 0.6 is 0 Å². The van der Waals surface area contributed by atoms with E-state index >= 15 is 0 Å². The van der Waals surface area contributed by atoms with Gasteiger partial charge in [-0.05, 0) is 40.3 Å². The van der Waals surface area contributed by atoms with Gasteiger partial charge in [0.15, 0.2) is 0 Å². The normalized spacial score (nSPS) is 12.4. The van der Waals surface area contributed by atoms with Gasteiger partial charge in [-0.3, -0.25) is 4.90 Å².